The Morgan fingerprint density at radius 1 is 1.05 bits per heavy atom. The molecule has 0 aliphatic rings. The SMILES string of the molecule is CCOC(=O)/C(=N/O)c1ccc(Oc2ccccc2)cc1. The maximum absolute atomic E-state index is 11.6. The molecular formula is C16H15NO4. The van der Waals surface area contributed by atoms with E-state index in [2.05, 4.69) is 5.16 Å². The number of benzene rings is 2. The third-order valence-electron chi connectivity index (χ3n) is 2.68. The number of carbonyl (C=O) groups excluding carboxylic acids is 1. The first-order valence-electron chi connectivity index (χ1n) is 6.47. The average Bonchev–Trinajstić information content (AvgIpc) is 2.51. The summed E-state index contributed by atoms with van der Waals surface area (Å²) in [6.07, 6.45) is 0. The number of hydrogen-bond acceptors (Lipinski definition) is 5. The van der Waals surface area contributed by atoms with Gasteiger partial charge < -0.3 is 14.7 Å². The van der Waals surface area contributed by atoms with Gasteiger partial charge in [-0.15, -0.1) is 0 Å². The molecule has 5 heteroatoms. The van der Waals surface area contributed by atoms with Crippen molar-refractivity contribution in [1.29, 1.82) is 0 Å². The van der Waals surface area contributed by atoms with Gasteiger partial charge in [0.15, 0.2) is 5.71 Å². The molecule has 2 rings (SSSR count). The van der Waals surface area contributed by atoms with Crippen LogP contribution in [0, 0.1) is 0 Å². The third-order valence-corrected chi connectivity index (χ3v) is 2.68. The summed E-state index contributed by atoms with van der Waals surface area (Å²) in [6.45, 7) is 1.90. The monoisotopic (exact) mass is 285 g/mol. The average molecular weight is 285 g/mol. The van der Waals surface area contributed by atoms with Crippen LogP contribution in [0.4, 0.5) is 0 Å². The van der Waals surface area contributed by atoms with Gasteiger partial charge in [-0.1, -0.05) is 23.4 Å². The Bertz CT molecular complexity index is 620. The van der Waals surface area contributed by atoms with Crippen LogP contribution in [0.25, 0.3) is 0 Å². The summed E-state index contributed by atoms with van der Waals surface area (Å²) in [5.74, 6) is 0.662. The smallest absolute Gasteiger partial charge is 0.361 e. The molecule has 5 nitrogen and oxygen atoms in total. The molecule has 1 N–H and O–H groups in total. The number of ether oxygens (including phenoxy) is 2. The van der Waals surface area contributed by atoms with Crippen LogP contribution in [0.1, 0.15) is 12.5 Å². The molecule has 0 atom stereocenters. The molecule has 0 fully saturated rings. The lowest BCUT2D eigenvalue weighted by atomic mass is 10.1. The number of para-hydroxylation sites is 1. The molecule has 0 radical (unpaired) electrons. The van der Waals surface area contributed by atoms with Gasteiger partial charge in [0.25, 0.3) is 0 Å². The Hall–Kier alpha value is -2.82. The minimum absolute atomic E-state index is 0.136. The molecule has 0 aromatic heterocycles. The summed E-state index contributed by atoms with van der Waals surface area (Å²) in [5, 5.41) is 11.9. The fourth-order valence-corrected chi connectivity index (χ4v) is 1.72. The third kappa shape index (κ3) is 3.82. The van der Waals surface area contributed by atoms with Crippen molar-refractivity contribution < 1.29 is 19.5 Å². The standard InChI is InChI=1S/C16H15NO4/c1-2-20-16(18)15(17-19)12-8-10-14(11-9-12)21-13-6-4-3-5-7-13/h3-11,19H,2H2,1H3/b17-15+. The van der Waals surface area contributed by atoms with Crippen LogP contribution in [0.5, 0.6) is 11.5 Å². The Labute approximate surface area is 122 Å². The molecule has 0 bridgehead atoms. The molecule has 21 heavy (non-hydrogen) atoms. The van der Waals surface area contributed by atoms with E-state index < -0.39 is 5.97 Å². The highest BCUT2D eigenvalue weighted by Gasteiger charge is 2.16. The highest BCUT2D eigenvalue weighted by atomic mass is 16.5. The predicted octanol–water partition coefficient (Wildman–Crippen LogP) is 3.22. The van der Waals surface area contributed by atoms with E-state index in [1.807, 2.05) is 30.3 Å². The molecule has 0 amide bonds. The predicted molar refractivity (Wildman–Crippen MR) is 77.9 cm³/mol. The van der Waals surface area contributed by atoms with Gasteiger partial charge in [0.05, 0.1) is 6.61 Å². The van der Waals surface area contributed by atoms with Gasteiger partial charge in [0.1, 0.15) is 11.5 Å². The molecule has 0 saturated heterocycles. The maximum atomic E-state index is 11.6. The van der Waals surface area contributed by atoms with Gasteiger partial charge in [0, 0.05) is 5.56 Å². The van der Waals surface area contributed by atoms with Gasteiger partial charge in [-0.25, -0.2) is 4.79 Å². The highest BCUT2D eigenvalue weighted by Crippen LogP contribution is 2.21. The highest BCUT2D eigenvalue weighted by molar-refractivity contribution is 6.43. The topological polar surface area (TPSA) is 68.1 Å². The largest absolute Gasteiger partial charge is 0.461 e. The van der Waals surface area contributed by atoms with Crippen LogP contribution in [0.2, 0.25) is 0 Å². The Morgan fingerprint density at radius 2 is 1.67 bits per heavy atom. The summed E-state index contributed by atoms with van der Waals surface area (Å²) in [7, 11) is 0. The number of nitrogens with zero attached hydrogens (tertiary/aromatic N) is 1. The van der Waals surface area contributed by atoms with Crippen molar-refractivity contribution in [3.8, 4) is 11.5 Å². The van der Waals surface area contributed by atoms with E-state index in [0.29, 0.717) is 17.1 Å². The van der Waals surface area contributed by atoms with Crippen molar-refractivity contribution in [3.05, 3.63) is 60.2 Å². The van der Waals surface area contributed by atoms with E-state index >= 15 is 0 Å². The Kier molecular flexibility index (Phi) is 4.93. The number of carbonyl (C=O) groups is 1. The van der Waals surface area contributed by atoms with E-state index in [9.17, 15) is 4.79 Å². The van der Waals surface area contributed by atoms with Crippen molar-refractivity contribution in [2.75, 3.05) is 6.61 Å². The van der Waals surface area contributed by atoms with Gasteiger partial charge in [-0.2, -0.15) is 0 Å². The van der Waals surface area contributed by atoms with Crippen molar-refractivity contribution >= 4 is 11.7 Å². The first-order valence-corrected chi connectivity index (χ1v) is 6.47. The quantitative estimate of drug-likeness (QED) is 0.396. The second-order valence-electron chi connectivity index (χ2n) is 4.11. The molecule has 0 unspecified atom stereocenters. The molecule has 2 aromatic carbocycles. The molecule has 2 aromatic rings. The van der Waals surface area contributed by atoms with Gasteiger partial charge in [0.2, 0.25) is 0 Å². The van der Waals surface area contributed by atoms with Crippen molar-refractivity contribution in [2.45, 2.75) is 6.92 Å². The second-order valence-corrected chi connectivity index (χ2v) is 4.11. The second kappa shape index (κ2) is 7.09. The van der Waals surface area contributed by atoms with E-state index in [1.165, 1.54) is 0 Å². The van der Waals surface area contributed by atoms with E-state index in [1.54, 1.807) is 31.2 Å². The molecule has 108 valence electrons. The van der Waals surface area contributed by atoms with Crippen LogP contribution >= 0.6 is 0 Å². The van der Waals surface area contributed by atoms with Gasteiger partial charge in [-0.3, -0.25) is 0 Å². The van der Waals surface area contributed by atoms with Crippen molar-refractivity contribution in [2.24, 2.45) is 5.16 Å². The Morgan fingerprint density at radius 3 is 2.24 bits per heavy atom. The summed E-state index contributed by atoms with van der Waals surface area (Å²) in [5.41, 5.74) is 0.319. The lowest BCUT2D eigenvalue weighted by molar-refractivity contribution is -0.135. The number of rotatable bonds is 5. The molecular weight excluding hydrogens is 270 g/mol. The minimum Gasteiger partial charge on any atom is -0.461 e. The summed E-state index contributed by atoms with van der Waals surface area (Å²) in [6, 6.07) is 16.0. The zero-order chi connectivity index (χ0) is 15.1. The maximum Gasteiger partial charge on any atom is 0.361 e. The number of esters is 1. The zero-order valence-electron chi connectivity index (χ0n) is 11.5. The molecule has 0 aliphatic heterocycles. The van der Waals surface area contributed by atoms with Gasteiger partial charge in [-0.05, 0) is 43.3 Å². The lowest BCUT2D eigenvalue weighted by Gasteiger charge is -2.07. The van der Waals surface area contributed by atoms with Crippen molar-refractivity contribution in [1.82, 2.24) is 0 Å². The fraction of sp³-hybridized carbons (Fsp3) is 0.125. The summed E-state index contributed by atoms with van der Waals surface area (Å²) < 4.78 is 10.5. The summed E-state index contributed by atoms with van der Waals surface area (Å²) in [4.78, 5) is 11.6. The van der Waals surface area contributed by atoms with Crippen LogP contribution < -0.4 is 4.74 Å². The van der Waals surface area contributed by atoms with Crippen LogP contribution in [0.3, 0.4) is 0 Å². The summed E-state index contributed by atoms with van der Waals surface area (Å²) >= 11 is 0. The molecule has 0 spiro atoms. The lowest BCUT2D eigenvalue weighted by Crippen LogP contribution is -2.18. The van der Waals surface area contributed by atoms with E-state index in [4.69, 9.17) is 14.7 Å². The minimum atomic E-state index is -0.670. The molecule has 0 heterocycles. The van der Waals surface area contributed by atoms with E-state index in [0.717, 1.165) is 0 Å². The van der Waals surface area contributed by atoms with E-state index in [-0.39, 0.29) is 12.3 Å². The van der Waals surface area contributed by atoms with Crippen LogP contribution in [-0.4, -0.2) is 23.5 Å². The first kappa shape index (κ1) is 14.6. The zero-order valence-corrected chi connectivity index (χ0v) is 11.5. The van der Waals surface area contributed by atoms with Crippen LogP contribution in [0.15, 0.2) is 59.8 Å². The first-order chi connectivity index (χ1) is 10.2. The fourth-order valence-electron chi connectivity index (χ4n) is 1.72. The van der Waals surface area contributed by atoms with Crippen molar-refractivity contribution in [3.63, 3.8) is 0 Å². The molecule has 0 aliphatic carbocycles. The molecule has 0 saturated carbocycles. The Balaban J connectivity index is 2.13. The van der Waals surface area contributed by atoms with Gasteiger partial charge >= 0.3 is 5.97 Å². The van der Waals surface area contributed by atoms with Crippen LogP contribution in [-0.2, 0) is 9.53 Å². The normalized spacial score (nSPS) is 11.0. The number of oxime groups is 1. The number of hydrogen-bond donors (Lipinski definition) is 1.